The highest BCUT2D eigenvalue weighted by Crippen LogP contribution is 2.30. The molecule has 0 radical (unpaired) electrons. The number of hydrogen-bond acceptors (Lipinski definition) is 2. The molecular weight excluding hydrogens is 142 g/mol. The first-order valence-electron chi connectivity index (χ1n) is 3.70. The Morgan fingerprint density at radius 3 is 1.91 bits per heavy atom. The minimum atomic E-state index is -0.797. The van der Waals surface area contributed by atoms with Gasteiger partial charge in [-0.05, 0) is 20.8 Å². The monoisotopic (exact) mass is 155 g/mol. The van der Waals surface area contributed by atoms with Gasteiger partial charge in [0.05, 0.1) is 6.04 Å². The van der Waals surface area contributed by atoms with E-state index >= 15 is 0 Å². The van der Waals surface area contributed by atoms with Crippen molar-refractivity contribution in [3.8, 4) is 0 Å². The van der Waals surface area contributed by atoms with Crippen LogP contribution < -0.4 is 0 Å². The second-order valence-electron chi connectivity index (χ2n) is 3.58. The van der Waals surface area contributed by atoms with Crippen LogP contribution in [-0.4, -0.2) is 29.7 Å². The molecule has 1 unspecified atom stereocenters. The quantitative estimate of drug-likeness (QED) is 0.476. The average Bonchev–Trinajstić information content (AvgIpc) is 2.06. The summed E-state index contributed by atoms with van der Waals surface area (Å²) in [5.74, 6) is -0.0556. The van der Waals surface area contributed by atoms with Crippen molar-refractivity contribution in [2.45, 2.75) is 26.8 Å². The predicted octanol–water partition coefficient (Wildman–Crippen LogP) is 0.442. The molecular formula is C8H13NO2. The maximum atomic E-state index is 11.4. The van der Waals surface area contributed by atoms with Gasteiger partial charge in [-0.25, -0.2) is 0 Å². The van der Waals surface area contributed by atoms with Crippen molar-refractivity contribution in [2.75, 3.05) is 7.05 Å². The Balaban J connectivity index is 3.06. The molecule has 0 aromatic heterocycles. The van der Waals surface area contributed by atoms with Gasteiger partial charge in [-0.1, -0.05) is 0 Å². The van der Waals surface area contributed by atoms with Crippen LogP contribution >= 0.6 is 0 Å². The predicted molar refractivity (Wildman–Crippen MR) is 41.0 cm³/mol. The molecule has 0 saturated carbocycles. The van der Waals surface area contributed by atoms with Crippen molar-refractivity contribution in [1.29, 1.82) is 0 Å². The third-order valence-corrected chi connectivity index (χ3v) is 2.43. The molecule has 0 aromatic carbocycles. The van der Waals surface area contributed by atoms with Gasteiger partial charge < -0.3 is 4.90 Å². The topological polar surface area (TPSA) is 37.4 Å². The first-order chi connectivity index (χ1) is 4.89. The summed E-state index contributed by atoms with van der Waals surface area (Å²) in [6.45, 7) is 5.12. The van der Waals surface area contributed by atoms with E-state index in [0.717, 1.165) is 0 Å². The van der Waals surface area contributed by atoms with E-state index in [1.807, 2.05) is 0 Å². The van der Waals surface area contributed by atoms with E-state index in [0.29, 0.717) is 0 Å². The van der Waals surface area contributed by atoms with Crippen molar-refractivity contribution in [3.63, 3.8) is 0 Å². The third-order valence-electron chi connectivity index (χ3n) is 2.43. The van der Waals surface area contributed by atoms with Crippen LogP contribution in [-0.2, 0) is 9.59 Å². The molecule has 1 rings (SSSR count). The zero-order valence-electron chi connectivity index (χ0n) is 7.34. The minimum Gasteiger partial charge on any atom is -0.335 e. The summed E-state index contributed by atoms with van der Waals surface area (Å²) in [5, 5.41) is 0. The SMILES string of the molecule is CC1C(=O)C(C)(C)C(=O)N1C. The average molecular weight is 155 g/mol. The number of nitrogens with zero attached hydrogens (tertiary/aromatic N) is 1. The minimum absolute atomic E-state index is 0.0185. The first kappa shape index (κ1) is 8.24. The Morgan fingerprint density at radius 2 is 1.82 bits per heavy atom. The maximum absolute atomic E-state index is 11.4. The first-order valence-corrected chi connectivity index (χ1v) is 3.70. The molecule has 0 N–H and O–H groups in total. The highest BCUT2D eigenvalue weighted by molar-refractivity contribution is 6.13. The van der Waals surface area contributed by atoms with Gasteiger partial charge in [-0.3, -0.25) is 9.59 Å². The molecule has 3 nitrogen and oxygen atoms in total. The molecule has 11 heavy (non-hydrogen) atoms. The van der Waals surface area contributed by atoms with Crippen molar-refractivity contribution in [3.05, 3.63) is 0 Å². The molecule has 1 fully saturated rings. The largest absolute Gasteiger partial charge is 0.335 e. The summed E-state index contributed by atoms with van der Waals surface area (Å²) < 4.78 is 0. The third kappa shape index (κ3) is 0.870. The lowest BCUT2D eigenvalue weighted by Crippen LogP contribution is -2.30. The number of carbonyl (C=O) groups excluding carboxylic acids is 2. The van der Waals surface area contributed by atoms with Gasteiger partial charge in [-0.2, -0.15) is 0 Å². The molecule has 1 saturated heterocycles. The van der Waals surface area contributed by atoms with Gasteiger partial charge >= 0.3 is 0 Å². The normalized spacial score (nSPS) is 29.8. The molecule has 0 aromatic rings. The van der Waals surface area contributed by atoms with Crippen LogP contribution in [0.1, 0.15) is 20.8 Å². The van der Waals surface area contributed by atoms with Crippen molar-refractivity contribution < 1.29 is 9.59 Å². The van der Waals surface area contributed by atoms with Crippen LogP contribution in [0.5, 0.6) is 0 Å². The lowest BCUT2D eigenvalue weighted by atomic mass is 9.89. The summed E-state index contributed by atoms with van der Waals surface area (Å²) in [6.07, 6.45) is 0. The Bertz CT molecular complexity index is 198. The van der Waals surface area contributed by atoms with Crippen LogP contribution in [0.3, 0.4) is 0 Å². The Morgan fingerprint density at radius 1 is 1.36 bits per heavy atom. The molecule has 0 aliphatic carbocycles. The van der Waals surface area contributed by atoms with E-state index in [1.54, 1.807) is 27.8 Å². The van der Waals surface area contributed by atoms with Gasteiger partial charge in [0, 0.05) is 7.05 Å². The molecule has 0 bridgehead atoms. The number of likely N-dealkylation sites (tertiary alicyclic amines) is 1. The molecule has 62 valence electrons. The van der Waals surface area contributed by atoms with Crippen LogP contribution in [0, 0.1) is 5.41 Å². The summed E-state index contributed by atoms with van der Waals surface area (Å²) in [7, 11) is 1.67. The number of ketones is 1. The highest BCUT2D eigenvalue weighted by Gasteiger charge is 2.49. The zero-order chi connectivity index (χ0) is 8.81. The van der Waals surface area contributed by atoms with Gasteiger partial charge in [0.15, 0.2) is 5.78 Å². The maximum Gasteiger partial charge on any atom is 0.236 e. The highest BCUT2D eigenvalue weighted by atomic mass is 16.2. The zero-order valence-corrected chi connectivity index (χ0v) is 7.34. The van der Waals surface area contributed by atoms with E-state index in [1.165, 1.54) is 4.90 Å². The number of amides is 1. The van der Waals surface area contributed by atoms with E-state index in [2.05, 4.69) is 0 Å². The number of carbonyl (C=O) groups is 2. The smallest absolute Gasteiger partial charge is 0.236 e. The van der Waals surface area contributed by atoms with Gasteiger partial charge in [0.2, 0.25) is 5.91 Å². The number of rotatable bonds is 0. The number of likely N-dealkylation sites (N-methyl/N-ethyl adjacent to an activating group) is 1. The Labute approximate surface area is 66.4 Å². The summed E-state index contributed by atoms with van der Waals surface area (Å²) in [6, 6.07) is -0.252. The van der Waals surface area contributed by atoms with Gasteiger partial charge in [0.25, 0.3) is 0 Å². The Hall–Kier alpha value is -0.860. The Kier molecular flexibility index (Phi) is 1.54. The fourth-order valence-electron chi connectivity index (χ4n) is 1.42. The van der Waals surface area contributed by atoms with Crippen LogP contribution in [0.2, 0.25) is 0 Å². The van der Waals surface area contributed by atoms with E-state index in [4.69, 9.17) is 0 Å². The summed E-state index contributed by atoms with van der Waals surface area (Å²) in [4.78, 5) is 24.2. The standard InChI is InChI=1S/C8H13NO2/c1-5-6(10)8(2,3)7(11)9(5)4/h5H,1-4H3. The fourth-order valence-corrected chi connectivity index (χ4v) is 1.42. The number of hydrogen-bond donors (Lipinski definition) is 0. The molecule has 0 spiro atoms. The van der Waals surface area contributed by atoms with Crippen LogP contribution in [0.15, 0.2) is 0 Å². The molecule has 3 heteroatoms. The molecule has 1 amide bonds. The van der Waals surface area contributed by atoms with Gasteiger partial charge in [0.1, 0.15) is 5.41 Å². The van der Waals surface area contributed by atoms with E-state index < -0.39 is 5.41 Å². The fraction of sp³-hybridized carbons (Fsp3) is 0.750. The van der Waals surface area contributed by atoms with Crippen molar-refractivity contribution in [1.82, 2.24) is 4.90 Å². The van der Waals surface area contributed by atoms with E-state index in [-0.39, 0.29) is 17.7 Å². The van der Waals surface area contributed by atoms with Crippen molar-refractivity contribution in [2.24, 2.45) is 5.41 Å². The number of Topliss-reactive ketones (excluding diaryl/α,β-unsaturated/α-hetero) is 1. The second-order valence-corrected chi connectivity index (χ2v) is 3.58. The van der Waals surface area contributed by atoms with Crippen LogP contribution in [0.25, 0.3) is 0 Å². The molecule has 1 heterocycles. The van der Waals surface area contributed by atoms with Crippen molar-refractivity contribution >= 4 is 11.7 Å². The second kappa shape index (κ2) is 2.06. The lowest BCUT2D eigenvalue weighted by Gasteiger charge is -2.13. The van der Waals surface area contributed by atoms with Crippen LogP contribution in [0.4, 0.5) is 0 Å². The summed E-state index contributed by atoms with van der Waals surface area (Å²) in [5.41, 5.74) is -0.797. The molecule has 1 aliphatic heterocycles. The molecule has 1 atom stereocenters. The van der Waals surface area contributed by atoms with E-state index in [9.17, 15) is 9.59 Å². The summed E-state index contributed by atoms with van der Waals surface area (Å²) >= 11 is 0. The lowest BCUT2D eigenvalue weighted by molar-refractivity contribution is -0.136. The van der Waals surface area contributed by atoms with Gasteiger partial charge in [-0.15, -0.1) is 0 Å². The molecule has 1 aliphatic rings.